The highest BCUT2D eigenvalue weighted by Crippen LogP contribution is 2.28. The minimum Gasteiger partial charge on any atom is -0.493 e. The number of rotatable bonds is 10. The first-order valence-electron chi connectivity index (χ1n) is 9.39. The van der Waals surface area contributed by atoms with Gasteiger partial charge in [0.05, 0.1) is 7.11 Å². The van der Waals surface area contributed by atoms with Gasteiger partial charge in [-0.15, -0.1) is 0 Å². The molecule has 2 rings (SSSR count). The Labute approximate surface area is 166 Å². The molecular weight excluding hydrogens is 359 g/mol. The topological polar surface area (TPSA) is 59.6 Å². The first-order chi connectivity index (χ1) is 13.4. The summed E-state index contributed by atoms with van der Waals surface area (Å²) in [6.07, 6.45) is 0. The molecule has 0 aliphatic rings. The highest BCUT2D eigenvalue weighted by atomic mass is 19.1. The molecule has 6 heteroatoms. The third-order valence-corrected chi connectivity index (χ3v) is 4.46. The molecule has 1 amide bonds. The van der Waals surface area contributed by atoms with Gasteiger partial charge in [-0.2, -0.15) is 0 Å². The van der Waals surface area contributed by atoms with Crippen molar-refractivity contribution < 1.29 is 18.7 Å². The Morgan fingerprint density at radius 3 is 2.57 bits per heavy atom. The van der Waals surface area contributed by atoms with E-state index in [-0.39, 0.29) is 23.7 Å². The first kappa shape index (κ1) is 21.7. The Balaban J connectivity index is 1.95. The fourth-order valence-electron chi connectivity index (χ4n) is 2.96. The highest BCUT2D eigenvalue weighted by Gasteiger charge is 2.23. The normalized spacial score (nSPS) is 11.2. The third-order valence-electron chi connectivity index (χ3n) is 4.46. The van der Waals surface area contributed by atoms with Crippen LogP contribution in [0, 0.1) is 5.82 Å². The maximum absolute atomic E-state index is 14.1. The number of carbonyl (C=O) groups is 1. The third kappa shape index (κ3) is 5.96. The number of methoxy groups -OCH3 is 1. The molecule has 2 aromatic rings. The minimum absolute atomic E-state index is 0.0569. The Bertz CT molecular complexity index is 793. The average molecular weight is 388 g/mol. The van der Waals surface area contributed by atoms with Crippen LogP contribution in [-0.4, -0.2) is 32.7 Å². The van der Waals surface area contributed by atoms with Crippen molar-refractivity contribution in [3.8, 4) is 11.5 Å². The molecule has 0 fully saturated rings. The summed E-state index contributed by atoms with van der Waals surface area (Å²) in [5.41, 5.74) is 1.35. The van der Waals surface area contributed by atoms with Crippen LogP contribution in [0.25, 0.3) is 0 Å². The summed E-state index contributed by atoms with van der Waals surface area (Å²) in [6, 6.07) is 12.4. The second-order valence-corrected chi connectivity index (χ2v) is 7.19. The van der Waals surface area contributed by atoms with E-state index in [1.165, 1.54) is 6.07 Å². The summed E-state index contributed by atoms with van der Waals surface area (Å²) in [5, 5.41) is 6.06. The lowest BCUT2D eigenvalue weighted by Crippen LogP contribution is -2.33. The fraction of sp³-hybridized carbons (Fsp3) is 0.409. The van der Waals surface area contributed by atoms with E-state index in [0.717, 1.165) is 5.56 Å². The lowest BCUT2D eigenvalue weighted by molar-refractivity contribution is -0.123. The number of hydrogen-bond acceptors (Lipinski definition) is 4. The van der Waals surface area contributed by atoms with Crippen LogP contribution < -0.4 is 20.1 Å². The van der Waals surface area contributed by atoms with Crippen molar-refractivity contribution in [1.82, 2.24) is 10.6 Å². The maximum atomic E-state index is 14.1. The predicted molar refractivity (Wildman–Crippen MR) is 108 cm³/mol. The van der Waals surface area contributed by atoms with Gasteiger partial charge in [-0.25, -0.2) is 4.39 Å². The summed E-state index contributed by atoms with van der Waals surface area (Å²) >= 11 is 0. The molecule has 0 aliphatic carbocycles. The van der Waals surface area contributed by atoms with Gasteiger partial charge in [-0.3, -0.25) is 4.79 Å². The van der Waals surface area contributed by atoms with Gasteiger partial charge in [0.2, 0.25) is 0 Å². The summed E-state index contributed by atoms with van der Waals surface area (Å²) in [4.78, 5) is 11.5. The van der Waals surface area contributed by atoms with Crippen LogP contribution in [0.4, 0.5) is 4.39 Å². The van der Waals surface area contributed by atoms with Crippen molar-refractivity contribution in [2.24, 2.45) is 0 Å². The fourth-order valence-corrected chi connectivity index (χ4v) is 2.96. The van der Waals surface area contributed by atoms with Crippen molar-refractivity contribution in [2.75, 3.05) is 26.8 Å². The largest absolute Gasteiger partial charge is 0.493 e. The Hall–Kier alpha value is -2.60. The summed E-state index contributed by atoms with van der Waals surface area (Å²) in [5.74, 6) is 0.719. The predicted octanol–water partition coefficient (Wildman–Crippen LogP) is 3.42. The molecule has 152 valence electrons. The van der Waals surface area contributed by atoms with Crippen molar-refractivity contribution in [3.05, 3.63) is 59.4 Å². The van der Waals surface area contributed by atoms with Crippen LogP contribution in [0.5, 0.6) is 11.5 Å². The first-order valence-corrected chi connectivity index (χ1v) is 9.39. The molecule has 0 aromatic heterocycles. The van der Waals surface area contributed by atoms with E-state index in [9.17, 15) is 9.18 Å². The number of hydrogen-bond donors (Lipinski definition) is 2. The van der Waals surface area contributed by atoms with Gasteiger partial charge in [0.25, 0.3) is 5.91 Å². The molecule has 0 heterocycles. The number of ether oxygens (including phenoxy) is 2. The Morgan fingerprint density at radius 1 is 1.14 bits per heavy atom. The zero-order valence-electron chi connectivity index (χ0n) is 17.0. The van der Waals surface area contributed by atoms with Crippen molar-refractivity contribution in [1.29, 1.82) is 0 Å². The van der Waals surface area contributed by atoms with E-state index in [0.29, 0.717) is 36.7 Å². The standard InChI is InChI=1S/C22H29FN2O3/c1-5-25-21(26)14-28-19-11-10-16(12-20(19)27-4)13-24-15-22(2,3)17-8-6-7-9-18(17)23/h6-12,24H,5,13-15H2,1-4H3,(H,25,26). The maximum Gasteiger partial charge on any atom is 0.257 e. The molecule has 2 aromatic carbocycles. The number of benzene rings is 2. The van der Waals surface area contributed by atoms with Gasteiger partial charge in [0.15, 0.2) is 18.1 Å². The average Bonchev–Trinajstić information content (AvgIpc) is 2.67. The molecule has 0 saturated carbocycles. The number of nitrogens with one attached hydrogen (secondary N) is 2. The number of halogens is 1. The monoisotopic (exact) mass is 388 g/mol. The van der Waals surface area contributed by atoms with Crippen LogP contribution >= 0.6 is 0 Å². The highest BCUT2D eigenvalue weighted by molar-refractivity contribution is 5.77. The second kappa shape index (κ2) is 10.1. The van der Waals surface area contributed by atoms with E-state index in [1.807, 2.05) is 45.0 Å². The van der Waals surface area contributed by atoms with Crippen LogP contribution in [0.1, 0.15) is 31.9 Å². The molecule has 0 saturated heterocycles. The number of amides is 1. The van der Waals surface area contributed by atoms with Gasteiger partial charge >= 0.3 is 0 Å². The molecule has 28 heavy (non-hydrogen) atoms. The van der Waals surface area contributed by atoms with Crippen molar-refractivity contribution in [3.63, 3.8) is 0 Å². The zero-order valence-corrected chi connectivity index (χ0v) is 17.0. The smallest absolute Gasteiger partial charge is 0.257 e. The zero-order chi connectivity index (χ0) is 20.6. The SMILES string of the molecule is CCNC(=O)COc1ccc(CNCC(C)(C)c2ccccc2F)cc1OC. The van der Waals surface area contributed by atoms with E-state index >= 15 is 0 Å². The Kier molecular flexibility index (Phi) is 7.81. The molecule has 0 unspecified atom stereocenters. The molecule has 0 bridgehead atoms. The van der Waals surface area contributed by atoms with E-state index in [4.69, 9.17) is 9.47 Å². The summed E-state index contributed by atoms with van der Waals surface area (Å²) < 4.78 is 25.0. The van der Waals surface area contributed by atoms with Crippen LogP contribution in [-0.2, 0) is 16.8 Å². The van der Waals surface area contributed by atoms with E-state index < -0.39 is 0 Å². The van der Waals surface area contributed by atoms with Crippen LogP contribution in [0.3, 0.4) is 0 Å². The minimum atomic E-state index is -0.342. The molecular formula is C22H29FN2O3. The summed E-state index contributed by atoms with van der Waals surface area (Å²) in [6.45, 7) is 7.60. The van der Waals surface area contributed by atoms with Gasteiger partial charge in [-0.1, -0.05) is 38.1 Å². The van der Waals surface area contributed by atoms with Gasteiger partial charge in [0.1, 0.15) is 5.82 Å². The van der Waals surface area contributed by atoms with Crippen LogP contribution in [0.2, 0.25) is 0 Å². The lowest BCUT2D eigenvalue weighted by Gasteiger charge is -2.26. The quantitative estimate of drug-likeness (QED) is 0.655. The van der Waals surface area contributed by atoms with Crippen LogP contribution in [0.15, 0.2) is 42.5 Å². The van der Waals surface area contributed by atoms with Gasteiger partial charge in [-0.05, 0) is 36.2 Å². The molecule has 5 nitrogen and oxygen atoms in total. The van der Waals surface area contributed by atoms with E-state index in [1.54, 1.807) is 19.2 Å². The van der Waals surface area contributed by atoms with Gasteiger partial charge < -0.3 is 20.1 Å². The molecule has 0 atom stereocenters. The second-order valence-electron chi connectivity index (χ2n) is 7.19. The molecule has 2 N–H and O–H groups in total. The van der Waals surface area contributed by atoms with Gasteiger partial charge in [0, 0.05) is 25.0 Å². The summed E-state index contributed by atoms with van der Waals surface area (Å²) in [7, 11) is 1.56. The molecule has 0 aliphatic heterocycles. The van der Waals surface area contributed by atoms with Crippen molar-refractivity contribution in [2.45, 2.75) is 32.7 Å². The number of carbonyl (C=O) groups excluding carboxylic acids is 1. The number of likely N-dealkylation sites (N-methyl/N-ethyl adjacent to an activating group) is 1. The lowest BCUT2D eigenvalue weighted by atomic mass is 9.84. The Morgan fingerprint density at radius 2 is 1.89 bits per heavy atom. The molecule has 0 radical (unpaired) electrons. The van der Waals surface area contributed by atoms with Crippen molar-refractivity contribution >= 4 is 5.91 Å². The van der Waals surface area contributed by atoms with E-state index in [2.05, 4.69) is 10.6 Å². The molecule has 0 spiro atoms.